The first-order chi connectivity index (χ1) is 21.8. The largest absolute Gasteiger partial charge is 0.504 e. The van der Waals surface area contributed by atoms with Gasteiger partial charge < -0.3 is 52.7 Å². The fourth-order valence-electron chi connectivity index (χ4n) is 4.52. The second kappa shape index (κ2) is 12.8. The summed E-state index contributed by atoms with van der Waals surface area (Å²) in [6.45, 7) is -0.138. The van der Waals surface area contributed by atoms with E-state index in [1.165, 1.54) is 22.4 Å². The van der Waals surface area contributed by atoms with E-state index in [0.29, 0.717) is 5.03 Å². The van der Waals surface area contributed by atoms with Gasteiger partial charge in [0.2, 0.25) is 18.0 Å². The molecule has 2 amide bonds. The van der Waals surface area contributed by atoms with Crippen molar-refractivity contribution in [2.45, 2.75) is 22.5 Å². The number of fused-ring (bicyclic) bond motifs is 1. The molecule has 0 radical (unpaired) electrons. The van der Waals surface area contributed by atoms with E-state index < -0.39 is 63.9 Å². The van der Waals surface area contributed by atoms with Crippen LogP contribution in [-0.2, 0) is 24.0 Å². The number of carbonyl (C=O) groups excluding carboxylic acids is 2. The van der Waals surface area contributed by atoms with Crippen molar-refractivity contribution in [2.24, 2.45) is 10.6 Å². The van der Waals surface area contributed by atoms with Crippen LogP contribution in [0.1, 0.15) is 17.4 Å². The molecule has 1 aromatic carbocycles. The number of nitrogens with one attached hydrogen (secondary N) is 1. The minimum Gasteiger partial charge on any atom is -0.504 e. The number of hydrogen-bond acceptors (Lipinski definition) is 17. The number of thioether (sulfide) groups is 2. The van der Waals surface area contributed by atoms with Crippen LogP contribution in [0, 0.1) is 5.41 Å². The number of β-lactam (4-membered cyclic amide) rings is 1. The Labute approximate surface area is 271 Å². The Morgan fingerprint density at radius 1 is 1.15 bits per heavy atom. The maximum absolute atomic E-state index is 13.4. The van der Waals surface area contributed by atoms with E-state index in [-0.39, 0.29) is 46.2 Å². The topological polar surface area (TPSA) is 303 Å². The zero-order valence-electron chi connectivity index (χ0n) is 23.3. The summed E-state index contributed by atoms with van der Waals surface area (Å²) in [5.41, 5.74) is 15.1. The number of hydrogen-bond donors (Lipinski definition) is 8. The van der Waals surface area contributed by atoms with Crippen LogP contribution in [0.2, 0.25) is 0 Å². The molecule has 2 aliphatic rings. The van der Waals surface area contributed by atoms with Gasteiger partial charge in [-0.25, -0.2) is 14.8 Å². The summed E-state index contributed by atoms with van der Waals surface area (Å²) in [6, 6.07) is 3.59. The number of thiazole rings is 1. The maximum Gasteiger partial charge on any atom is 0.352 e. The standard InChI is InChI=1S/C25H25N9O9S3/c26-13-4-14(31-23(27)30-13)45-7-25(22(41)42)6-34-19(38)16(20(34)46-8-25)32-18(37)15(10-5-44-24(28)29-10)33-43-17(21(39)40)9-1-2-11(35)12(36)3-9/h1-5,16-17,20,35-36H,6-8H2,(H2,28,29)(H,32,37)(H,39,40)(H,41,42)(H4,26,27,30,31)/t16?,17-,20+,25?/m0/s1. The summed E-state index contributed by atoms with van der Waals surface area (Å²) in [5.74, 6) is -5.02. The smallest absolute Gasteiger partial charge is 0.352 e. The Morgan fingerprint density at radius 3 is 2.54 bits per heavy atom. The number of amides is 2. The molecule has 2 unspecified atom stereocenters. The van der Waals surface area contributed by atoms with Gasteiger partial charge in [-0.15, -0.1) is 34.9 Å². The van der Waals surface area contributed by atoms with Crippen LogP contribution in [0.25, 0.3) is 0 Å². The van der Waals surface area contributed by atoms with Gasteiger partial charge in [0.1, 0.15) is 33.4 Å². The molecule has 2 aliphatic heterocycles. The summed E-state index contributed by atoms with van der Waals surface area (Å²) in [5, 5.41) is 46.7. The zero-order valence-corrected chi connectivity index (χ0v) is 25.7. The Hall–Kier alpha value is -5.02. The number of oxime groups is 1. The summed E-state index contributed by atoms with van der Waals surface area (Å²) in [7, 11) is 0. The molecular weight excluding hydrogens is 667 g/mol. The summed E-state index contributed by atoms with van der Waals surface area (Å²) in [6.07, 6.45) is -1.81. The zero-order chi connectivity index (χ0) is 33.3. The molecule has 0 aliphatic carbocycles. The number of carboxylic acids is 2. The van der Waals surface area contributed by atoms with Crippen LogP contribution in [0.4, 0.5) is 16.9 Å². The third-order valence-electron chi connectivity index (χ3n) is 6.88. The van der Waals surface area contributed by atoms with Gasteiger partial charge in [-0.3, -0.25) is 14.4 Å². The highest BCUT2D eigenvalue weighted by molar-refractivity contribution is 8.00. The molecule has 0 saturated carbocycles. The van der Waals surface area contributed by atoms with E-state index in [1.54, 1.807) is 0 Å². The lowest BCUT2D eigenvalue weighted by Gasteiger charge is -2.53. The summed E-state index contributed by atoms with van der Waals surface area (Å²) in [4.78, 5) is 69.3. The number of anilines is 3. The van der Waals surface area contributed by atoms with Crippen molar-refractivity contribution in [1.82, 2.24) is 25.2 Å². The predicted octanol–water partition coefficient (Wildman–Crippen LogP) is -0.0993. The normalized spacial score (nSPS) is 21.5. The molecule has 5 rings (SSSR count). The number of aromatic hydroxyl groups is 2. The SMILES string of the molecule is Nc1cc(SCC2(C(=O)O)CS[C@@H]3C(NC(=O)C(=NO[C@H](C(=O)O)c4ccc(O)c(O)c4)c4csc(N)n4)C(=O)N3C2)nc(N)n1. The minimum atomic E-state index is -1.81. The van der Waals surface area contributed by atoms with Gasteiger partial charge in [-0.2, -0.15) is 4.98 Å². The molecular formula is C25H25N9O9S3. The van der Waals surface area contributed by atoms with Gasteiger partial charge in [-0.05, 0) is 12.1 Å². The van der Waals surface area contributed by atoms with Gasteiger partial charge in [0.05, 0.1) is 0 Å². The first-order valence-electron chi connectivity index (χ1n) is 13.0. The number of carbonyl (C=O) groups is 4. The average Bonchev–Trinajstić information content (AvgIpc) is 3.43. The lowest BCUT2D eigenvalue weighted by atomic mass is 9.89. The molecule has 242 valence electrons. The summed E-state index contributed by atoms with van der Waals surface area (Å²) < 4.78 is 0. The maximum atomic E-state index is 13.4. The average molecular weight is 692 g/mol. The third-order valence-corrected chi connectivity index (χ3v) is 10.3. The number of carboxylic acid groups (broad SMARTS) is 2. The highest BCUT2D eigenvalue weighted by Crippen LogP contribution is 2.44. The highest BCUT2D eigenvalue weighted by Gasteiger charge is 2.57. The van der Waals surface area contributed by atoms with Crippen molar-refractivity contribution in [2.75, 3.05) is 35.3 Å². The van der Waals surface area contributed by atoms with Gasteiger partial charge in [-0.1, -0.05) is 11.2 Å². The van der Waals surface area contributed by atoms with Crippen molar-refractivity contribution in [3.05, 3.63) is 40.9 Å². The van der Waals surface area contributed by atoms with E-state index in [1.807, 2.05) is 0 Å². The first kappa shape index (κ1) is 32.4. The molecule has 21 heteroatoms. The van der Waals surface area contributed by atoms with Crippen LogP contribution in [0.15, 0.2) is 39.8 Å². The number of nitrogen functional groups attached to an aromatic ring is 3. The molecule has 4 heterocycles. The van der Waals surface area contributed by atoms with E-state index >= 15 is 0 Å². The molecule has 2 fully saturated rings. The minimum absolute atomic E-state index is 0.0433. The fraction of sp³-hybridized carbons (Fsp3) is 0.280. The number of phenols is 2. The number of phenolic OH excluding ortho intramolecular Hbond substituents is 2. The van der Waals surface area contributed by atoms with Crippen molar-refractivity contribution in [1.29, 1.82) is 0 Å². The van der Waals surface area contributed by atoms with Gasteiger partial charge in [0, 0.05) is 35.1 Å². The predicted molar refractivity (Wildman–Crippen MR) is 166 cm³/mol. The number of nitrogens with two attached hydrogens (primary N) is 3. The van der Waals surface area contributed by atoms with Crippen LogP contribution in [0.5, 0.6) is 11.5 Å². The first-order valence-corrected chi connectivity index (χ1v) is 15.9. The molecule has 46 heavy (non-hydrogen) atoms. The quantitative estimate of drug-likeness (QED) is 0.0325. The van der Waals surface area contributed by atoms with E-state index in [0.717, 1.165) is 47.0 Å². The molecule has 11 N–H and O–H groups in total. The second-order valence-corrected chi connectivity index (χ2v) is 13.1. The van der Waals surface area contributed by atoms with Gasteiger partial charge >= 0.3 is 11.9 Å². The lowest BCUT2D eigenvalue weighted by molar-refractivity contribution is -0.157. The molecule has 2 saturated heterocycles. The number of rotatable bonds is 11. The van der Waals surface area contributed by atoms with Crippen LogP contribution < -0.4 is 22.5 Å². The molecule has 0 bridgehead atoms. The molecule has 3 aromatic rings. The van der Waals surface area contributed by atoms with Crippen molar-refractivity contribution < 1.29 is 44.4 Å². The second-order valence-electron chi connectivity index (χ2n) is 10.1. The van der Waals surface area contributed by atoms with Gasteiger partial charge in [0.15, 0.2) is 22.3 Å². The van der Waals surface area contributed by atoms with Crippen LogP contribution >= 0.6 is 34.9 Å². The Bertz CT molecular complexity index is 1740. The van der Waals surface area contributed by atoms with E-state index in [9.17, 15) is 39.6 Å². The number of benzene rings is 1. The number of nitrogens with zero attached hydrogens (tertiary/aromatic N) is 5. The highest BCUT2D eigenvalue weighted by atomic mass is 32.2. The molecule has 2 aromatic heterocycles. The molecule has 4 atom stereocenters. The van der Waals surface area contributed by atoms with Crippen molar-refractivity contribution >= 4 is 81.2 Å². The Morgan fingerprint density at radius 2 is 1.91 bits per heavy atom. The number of aromatic nitrogens is 3. The summed E-state index contributed by atoms with van der Waals surface area (Å²) >= 11 is 3.24. The van der Waals surface area contributed by atoms with Crippen molar-refractivity contribution in [3.8, 4) is 11.5 Å². The number of aliphatic carboxylic acids is 2. The van der Waals surface area contributed by atoms with E-state index in [4.69, 9.17) is 22.0 Å². The van der Waals surface area contributed by atoms with Gasteiger partial charge in [0.25, 0.3) is 5.91 Å². The fourth-order valence-corrected chi connectivity index (χ4v) is 7.84. The van der Waals surface area contributed by atoms with Crippen molar-refractivity contribution in [3.63, 3.8) is 0 Å². The molecule has 0 spiro atoms. The van der Waals surface area contributed by atoms with E-state index in [2.05, 4.69) is 25.4 Å². The monoisotopic (exact) mass is 691 g/mol. The Balaban J connectivity index is 1.31. The van der Waals surface area contributed by atoms with Crippen LogP contribution in [0.3, 0.4) is 0 Å². The Kier molecular flexibility index (Phi) is 8.99. The third kappa shape index (κ3) is 6.50. The molecule has 18 nitrogen and oxygen atoms in total. The van der Waals surface area contributed by atoms with Crippen LogP contribution in [-0.4, -0.2) is 99.2 Å². The lowest BCUT2D eigenvalue weighted by Crippen LogP contribution is -2.74.